The van der Waals surface area contributed by atoms with E-state index >= 15 is 0 Å². The highest BCUT2D eigenvalue weighted by Crippen LogP contribution is 2.26. The van der Waals surface area contributed by atoms with Crippen LogP contribution in [0.25, 0.3) is 0 Å². The molecule has 4 rings (SSSR count). The van der Waals surface area contributed by atoms with Crippen molar-refractivity contribution in [3.8, 4) is 5.75 Å². The van der Waals surface area contributed by atoms with E-state index in [0.717, 1.165) is 16.7 Å². The van der Waals surface area contributed by atoms with Crippen LogP contribution in [0.15, 0.2) is 72.8 Å². The summed E-state index contributed by atoms with van der Waals surface area (Å²) in [5.74, 6) is 0.0299. The Labute approximate surface area is 191 Å². The molecule has 7 heteroatoms. The lowest BCUT2D eigenvalue weighted by molar-refractivity contribution is -0.596. The van der Waals surface area contributed by atoms with Gasteiger partial charge >= 0.3 is 5.91 Å². The van der Waals surface area contributed by atoms with Crippen molar-refractivity contribution in [3.05, 3.63) is 100 Å². The first kappa shape index (κ1) is 21.6. The SMILES string of the molecule is COc1ccc(C(=O)N[C@H]2C(=O)N/[N+](=C\c3ccc(Cl)cc3)[C@@H]2c2ccc(C)cc2)cc1. The lowest BCUT2D eigenvalue weighted by Crippen LogP contribution is -2.42. The third-order valence-electron chi connectivity index (χ3n) is 5.35. The predicted octanol–water partition coefficient (Wildman–Crippen LogP) is 3.67. The maximum Gasteiger partial charge on any atom is 0.304 e. The Hall–Kier alpha value is -3.64. The van der Waals surface area contributed by atoms with Crippen LogP contribution < -0.4 is 15.5 Å². The number of carbonyl (C=O) groups is 2. The van der Waals surface area contributed by atoms with Gasteiger partial charge in [-0.05, 0) is 55.5 Å². The van der Waals surface area contributed by atoms with E-state index in [-0.39, 0.29) is 11.8 Å². The summed E-state index contributed by atoms with van der Waals surface area (Å²) in [6.45, 7) is 2.00. The van der Waals surface area contributed by atoms with E-state index in [1.165, 1.54) is 0 Å². The van der Waals surface area contributed by atoms with Gasteiger partial charge in [0.05, 0.1) is 7.11 Å². The lowest BCUT2D eigenvalue weighted by Gasteiger charge is -2.15. The number of nitrogens with one attached hydrogen (secondary N) is 2. The zero-order chi connectivity index (χ0) is 22.7. The topological polar surface area (TPSA) is 70.4 Å². The van der Waals surface area contributed by atoms with E-state index < -0.39 is 12.1 Å². The number of methoxy groups -OCH3 is 1. The molecule has 6 nitrogen and oxygen atoms in total. The molecule has 1 aliphatic heterocycles. The molecule has 0 aromatic heterocycles. The quantitative estimate of drug-likeness (QED) is 0.585. The average molecular weight is 449 g/mol. The van der Waals surface area contributed by atoms with Gasteiger partial charge < -0.3 is 10.1 Å². The fourth-order valence-corrected chi connectivity index (χ4v) is 3.75. The number of hydrogen-bond donors (Lipinski definition) is 2. The zero-order valence-corrected chi connectivity index (χ0v) is 18.5. The summed E-state index contributed by atoms with van der Waals surface area (Å²) >= 11 is 6.00. The Morgan fingerprint density at radius 3 is 2.31 bits per heavy atom. The van der Waals surface area contributed by atoms with Gasteiger partial charge in [0.1, 0.15) is 5.75 Å². The van der Waals surface area contributed by atoms with Crippen LogP contribution in [0.1, 0.15) is 33.1 Å². The summed E-state index contributed by atoms with van der Waals surface area (Å²) in [6, 6.07) is 20.8. The van der Waals surface area contributed by atoms with Crippen LogP contribution in [0.3, 0.4) is 0 Å². The van der Waals surface area contributed by atoms with E-state index in [4.69, 9.17) is 16.3 Å². The fourth-order valence-electron chi connectivity index (χ4n) is 3.62. The van der Waals surface area contributed by atoms with Gasteiger partial charge in [-0.1, -0.05) is 41.4 Å². The van der Waals surface area contributed by atoms with Crippen LogP contribution in [0.5, 0.6) is 5.75 Å². The number of aryl methyl sites for hydroxylation is 1. The molecule has 162 valence electrons. The summed E-state index contributed by atoms with van der Waals surface area (Å²) in [5.41, 5.74) is 6.20. The molecule has 3 aromatic carbocycles. The minimum atomic E-state index is -0.782. The number of amides is 2. The number of benzene rings is 3. The minimum absolute atomic E-state index is 0.289. The maximum absolute atomic E-state index is 12.9. The van der Waals surface area contributed by atoms with E-state index in [1.54, 1.807) is 48.2 Å². The number of nitrogens with zero attached hydrogens (tertiary/aromatic N) is 1. The van der Waals surface area contributed by atoms with E-state index in [2.05, 4.69) is 10.7 Å². The van der Waals surface area contributed by atoms with Crippen LogP contribution in [0.2, 0.25) is 5.02 Å². The van der Waals surface area contributed by atoms with Gasteiger partial charge in [0.15, 0.2) is 6.04 Å². The molecule has 1 heterocycles. The van der Waals surface area contributed by atoms with Crippen LogP contribution in [-0.2, 0) is 4.79 Å². The molecular formula is C25H23ClN3O3+. The van der Waals surface area contributed by atoms with Gasteiger partial charge in [0, 0.05) is 21.7 Å². The molecule has 1 aliphatic rings. The number of hydrogen-bond acceptors (Lipinski definition) is 3. The number of carbonyl (C=O) groups excluding carboxylic acids is 2. The molecule has 0 bridgehead atoms. The second kappa shape index (κ2) is 9.24. The monoisotopic (exact) mass is 448 g/mol. The van der Waals surface area contributed by atoms with Crippen LogP contribution in [-0.4, -0.2) is 35.9 Å². The molecule has 2 N–H and O–H groups in total. The predicted molar refractivity (Wildman–Crippen MR) is 123 cm³/mol. The van der Waals surface area contributed by atoms with E-state index in [1.807, 2.05) is 49.5 Å². The summed E-state index contributed by atoms with van der Waals surface area (Å²) in [6.07, 6.45) is 1.83. The molecule has 3 aromatic rings. The van der Waals surface area contributed by atoms with Crippen molar-refractivity contribution < 1.29 is 19.0 Å². The Morgan fingerprint density at radius 2 is 1.69 bits per heavy atom. The third kappa shape index (κ3) is 4.65. The number of halogens is 1. The number of ether oxygens (including phenoxy) is 1. The highest BCUT2D eigenvalue weighted by Gasteiger charge is 2.47. The van der Waals surface area contributed by atoms with Crippen LogP contribution in [0.4, 0.5) is 0 Å². The first-order chi connectivity index (χ1) is 15.4. The molecule has 32 heavy (non-hydrogen) atoms. The van der Waals surface area contributed by atoms with Crippen molar-refractivity contribution in [1.82, 2.24) is 10.7 Å². The molecule has 2 atom stereocenters. The largest absolute Gasteiger partial charge is 0.497 e. The summed E-state index contributed by atoms with van der Waals surface area (Å²) in [5, 5.41) is 3.53. The number of rotatable bonds is 5. The molecule has 1 saturated heterocycles. The Morgan fingerprint density at radius 1 is 1.03 bits per heavy atom. The van der Waals surface area contributed by atoms with E-state index in [9.17, 15) is 9.59 Å². The summed E-state index contributed by atoms with van der Waals surface area (Å²) in [7, 11) is 1.57. The van der Waals surface area contributed by atoms with Crippen LogP contribution in [0, 0.1) is 6.92 Å². The first-order valence-electron chi connectivity index (χ1n) is 10.2. The zero-order valence-electron chi connectivity index (χ0n) is 17.7. The number of hydrazine groups is 1. The van der Waals surface area contributed by atoms with Crippen molar-refractivity contribution >= 4 is 29.6 Å². The normalized spacial score (nSPS) is 19.0. The summed E-state index contributed by atoms with van der Waals surface area (Å²) in [4.78, 5) is 25.8. The van der Waals surface area contributed by atoms with Gasteiger partial charge in [-0.25, -0.2) is 0 Å². The van der Waals surface area contributed by atoms with Gasteiger partial charge in [-0.3, -0.25) is 9.59 Å². The average Bonchev–Trinajstić information content (AvgIpc) is 3.10. The fraction of sp³-hybridized carbons (Fsp3) is 0.160. The second-order valence-electron chi connectivity index (χ2n) is 7.60. The second-order valence-corrected chi connectivity index (χ2v) is 8.04. The molecule has 0 spiro atoms. The Bertz CT molecular complexity index is 1160. The molecule has 0 unspecified atom stereocenters. The minimum Gasteiger partial charge on any atom is -0.497 e. The van der Waals surface area contributed by atoms with Crippen molar-refractivity contribution in [1.29, 1.82) is 0 Å². The Kier molecular flexibility index (Phi) is 6.23. The van der Waals surface area contributed by atoms with E-state index in [0.29, 0.717) is 16.3 Å². The van der Waals surface area contributed by atoms with Crippen molar-refractivity contribution in [2.45, 2.75) is 19.0 Å². The van der Waals surface area contributed by atoms with Gasteiger partial charge in [0.25, 0.3) is 5.91 Å². The summed E-state index contributed by atoms with van der Waals surface area (Å²) < 4.78 is 6.88. The standard InChI is InChI=1S/C25H22ClN3O3/c1-16-3-7-18(8-4-16)23-22(27-24(30)19-9-13-21(32-2)14-10-19)25(31)28-29(23)15-17-5-11-20(26)12-6-17/h3-15,22-23H,1-2H3,(H-,27,28,30,31)/p+1/b29-15-/t22-,23-/m1/s1. The van der Waals surface area contributed by atoms with Crippen molar-refractivity contribution in [3.63, 3.8) is 0 Å². The highest BCUT2D eigenvalue weighted by atomic mass is 35.5. The first-order valence-corrected chi connectivity index (χ1v) is 10.5. The van der Waals surface area contributed by atoms with Crippen molar-refractivity contribution in [2.75, 3.05) is 7.11 Å². The van der Waals surface area contributed by atoms with Gasteiger partial charge in [-0.2, -0.15) is 0 Å². The smallest absolute Gasteiger partial charge is 0.304 e. The molecule has 0 radical (unpaired) electrons. The lowest BCUT2D eigenvalue weighted by atomic mass is 9.98. The highest BCUT2D eigenvalue weighted by molar-refractivity contribution is 6.30. The molecule has 0 saturated carbocycles. The van der Waals surface area contributed by atoms with Gasteiger partial charge in [-0.15, -0.1) is 10.1 Å². The molecule has 1 fully saturated rings. The van der Waals surface area contributed by atoms with Crippen molar-refractivity contribution in [2.24, 2.45) is 0 Å². The number of hydrazone groups is 1. The van der Waals surface area contributed by atoms with Crippen LogP contribution >= 0.6 is 11.6 Å². The molecule has 0 aliphatic carbocycles. The van der Waals surface area contributed by atoms with Gasteiger partial charge in [0.2, 0.25) is 12.3 Å². The molecular weight excluding hydrogens is 426 g/mol. The molecule has 2 amide bonds. The maximum atomic E-state index is 12.9. The Balaban J connectivity index is 1.67. The third-order valence-corrected chi connectivity index (χ3v) is 5.61.